The minimum atomic E-state index is 0. The van der Waals surface area contributed by atoms with Crippen molar-refractivity contribution in [3.63, 3.8) is 0 Å². The van der Waals surface area contributed by atoms with E-state index in [1.807, 2.05) is 11.8 Å². The molecule has 1 aromatic rings. The summed E-state index contributed by atoms with van der Waals surface area (Å²) in [5.41, 5.74) is 2.71. The Kier molecular flexibility index (Phi) is 5.69. The minimum Gasteiger partial charge on any atom is -1.00 e. The zero-order chi connectivity index (χ0) is 10.7. The third kappa shape index (κ3) is 2.74. The third-order valence-electron chi connectivity index (χ3n) is 2.67. The molecule has 0 aliphatic carbocycles. The van der Waals surface area contributed by atoms with Crippen LogP contribution in [-0.2, 0) is 0 Å². The Bertz CT molecular complexity index is 365. The number of thioether (sulfide) groups is 1. The van der Waals surface area contributed by atoms with E-state index in [9.17, 15) is 0 Å². The van der Waals surface area contributed by atoms with Crippen LogP contribution in [0.25, 0.3) is 6.08 Å². The van der Waals surface area contributed by atoms with Crippen molar-refractivity contribution in [3.8, 4) is 0 Å². The van der Waals surface area contributed by atoms with Crippen LogP contribution >= 0.6 is 11.8 Å². The first-order chi connectivity index (χ1) is 7.36. The lowest BCUT2D eigenvalue weighted by Gasteiger charge is -2.34. The van der Waals surface area contributed by atoms with Gasteiger partial charge in [-0.25, -0.2) is 0 Å². The lowest BCUT2D eigenvalue weighted by Crippen LogP contribution is -3.00. The number of halogens is 1. The summed E-state index contributed by atoms with van der Waals surface area (Å²) in [6.45, 7) is 5.50. The van der Waals surface area contributed by atoms with Crippen LogP contribution in [0.2, 0.25) is 0 Å². The molecular weight excluding hydrogens is 329 g/mol. The summed E-state index contributed by atoms with van der Waals surface area (Å²) < 4.78 is 0. The van der Waals surface area contributed by atoms with E-state index in [0.717, 1.165) is 12.3 Å². The van der Waals surface area contributed by atoms with Gasteiger partial charge in [0.2, 0.25) is 0 Å². The van der Waals surface area contributed by atoms with E-state index >= 15 is 0 Å². The van der Waals surface area contributed by atoms with Crippen LogP contribution in [0.5, 0.6) is 0 Å². The summed E-state index contributed by atoms with van der Waals surface area (Å²) >= 11 is 1.99. The van der Waals surface area contributed by atoms with Gasteiger partial charge < -0.3 is 28.9 Å². The Morgan fingerprint density at radius 1 is 1.25 bits per heavy atom. The normalized spacial score (nSPS) is 17.9. The van der Waals surface area contributed by atoms with Gasteiger partial charge in [-0.05, 0) is 24.3 Å². The van der Waals surface area contributed by atoms with Crippen molar-refractivity contribution in [2.45, 2.75) is 19.2 Å². The van der Waals surface area contributed by atoms with E-state index < -0.39 is 0 Å². The average molecular weight is 346 g/mol. The largest absolute Gasteiger partial charge is 1.00 e. The molecule has 1 heterocycles. The Labute approximate surface area is 119 Å². The first-order valence-electron chi connectivity index (χ1n) is 5.52. The van der Waals surface area contributed by atoms with Crippen LogP contribution in [0.4, 0.5) is 5.69 Å². The number of likely N-dealkylation sites (N-methyl/N-ethyl adjacent to an activating group) is 1. The molecule has 0 saturated heterocycles. The molecule has 1 aliphatic rings. The zero-order valence-corrected chi connectivity index (χ0v) is 12.7. The maximum absolute atomic E-state index is 2.46. The molecule has 0 N–H and O–H groups in total. The van der Waals surface area contributed by atoms with Crippen molar-refractivity contribution in [1.29, 1.82) is 0 Å². The molecule has 0 spiro atoms. The van der Waals surface area contributed by atoms with Crippen molar-refractivity contribution < 1.29 is 24.0 Å². The van der Waals surface area contributed by atoms with Crippen molar-refractivity contribution >= 4 is 23.5 Å². The highest BCUT2D eigenvalue weighted by Crippen LogP contribution is 2.32. The number of rotatable bonds is 3. The van der Waals surface area contributed by atoms with Crippen molar-refractivity contribution in [3.05, 3.63) is 35.9 Å². The molecule has 1 atom stereocenters. The van der Waals surface area contributed by atoms with Crippen molar-refractivity contribution in [1.82, 2.24) is 0 Å². The smallest absolute Gasteiger partial charge is 0.0938 e. The second-order valence-corrected chi connectivity index (χ2v) is 4.94. The molecule has 0 amide bonds. The van der Waals surface area contributed by atoms with Gasteiger partial charge in [0, 0.05) is 12.2 Å². The molecule has 0 aromatic heterocycles. The first-order valence-corrected chi connectivity index (χ1v) is 6.57. The number of hydrogen-bond donors (Lipinski definition) is 0. The van der Waals surface area contributed by atoms with Gasteiger partial charge in [-0.1, -0.05) is 37.3 Å². The van der Waals surface area contributed by atoms with Crippen LogP contribution in [0.1, 0.15) is 19.4 Å². The van der Waals surface area contributed by atoms with E-state index in [-0.39, 0.29) is 24.0 Å². The van der Waals surface area contributed by atoms with Gasteiger partial charge in [-0.3, -0.25) is 0 Å². The van der Waals surface area contributed by atoms with E-state index in [1.165, 1.54) is 11.3 Å². The number of para-hydroxylation sites is 1. The van der Waals surface area contributed by atoms with Gasteiger partial charge in [-0.15, -0.1) is 11.8 Å². The van der Waals surface area contributed by atoms with Gasteiger partial charge in [0.1, 0.15) is 0 Å². The lowest BCUT2D eigenvalue weighted by atomic mass is 10.1. The fraction of sp³-hybridized carbons (Fsp3) is 0.385. The predicted octanol–water partition coefficient (Wildman–Crippen LogP) is 0.623. The van der Waals surface area contributed by atoms with Gasteiger partial charge in [0.05, 0.1) is 5.37 Å². The molecule has 0 fully saturated rings. The maximum atomic E-state index is 2.46. The summed E-state index contributed by atoms with van der Waals surface area (Å²) in [4.78, 5) is 2.46. The number of hydrogen-bond acceptors (Lipinski definition) is 2. The Morgan fingerprint density at radius 3 is 2.69 bits per heavy atom. The van der Waals surface area contributed by atoms with Gasteiger partial charge in [0.15, 0.2) is 0 Å². The predicted molar refractivity (Wildman–Crippen MR) is 70.4 cm³/mol. The second kappa shape index (κ2) is 6.55. The van der Waals surface area contributed by atoms with Gasteiger partial charge in [-0.2, -0.15) is 0 Å². The summed E-state index contributed by atoms with van der Waals surface area (Å²) in [6.07, 6.45) is 4.55. The van der Waals surface area contributed by atoms with Gasteiger partial charge in [0.25, 0.3) is 0 Å². The molecule has 1 aromatic carbocycles. The molecule has 3 heteroatoms. The quantitative estimate of drug-likeness (QED) is 0.739. The fourth-order valence-corrected chi connectivity index (χ4v) is 2.96. The molecule has 0 saturated carbocycles. The molecule has 88 valence electrons. The topological polar surface area (TPSA) is 3.24 Å². The van der Waals surface area contributed by atoms with Crippen molar-refractivity contribution in [2.75, 3.05) is 17.2 Å². The highest BCUT2D eigenvalue weighted by Gasteiger charge is 2.19. The Balaban J connectivity index is 0.00000128. The third-order valence-corrected chi connectivity index (χ3v) is 3.76. The standard InChI is InChI=1S/C13H17NS.HI/c1-3-14-12-8-6-5-7-11(12)9-10-13(14)15-4-2;/h5-10,13H,3-4H2,1-2H3;1H/p-1. The molecule has 16 heavy (non-hydrogen) atoms. The SMILES string of the molecule is CCSC1C=Cc2ccccc2N1CC.[I-]. The lowest BCUT2D eigenvalue weighted by molar-refractivity contribution is -0.00000296. The number of anilines is 1. The molecule has 1 aliphatic heterocycles. The molecular formula is C13H17INS-. The van der Waals surface area contributed by atoms with E-state index in [2.05, 4.69) is 55.2 Å². The number of nitrogens with zero attached hydrogens (tertiary/aromatic N) is 1. The number of fused-ring (bicyclic) bond motifs is 1. The summed E-state index contributed by atoms with van der Waals surface area (Å²) in [5, 5.41) is 0.509. The van der Waals surface area contributed by atoms with Crippen LogP contribution in [-0.4, -0.2) is 17.7 Å². The van der Waals surface area contributed by atoms with Crippen LogP contribution in [0.15, 0.2) is 30.3 Å². The van der Waals surface area contributed by atoms with E-state index in [4.69, 9.17) is 0 Å². The van der Waals surface area contributed by atoms with E-state index in [0.29, 0.717) is 5.37 Å². The molecule has 0 radical (unpaired) electrons. The first kappa shape index (κ1) is 13.9. The summed E-state index contributed by atoms with van der Waals surface area (Å²) in [6, 6.07) is 8.62. The highest BCUT2D eigenvalue weighted by molar-refractivity contribution is 8.00. The van der Waals surface area contributed by atoms with Crippen LogP contribution in [0, 0.1) is 0 Å². The van der Waals surface area contributed by atoms with Crippen LogP contribution in [0.3, 0.4) is 0 Å². The summed E-state index contributed by atoms with van der Waals surface area (Å²) in [7, 11) is 0. The average Bonchev–Trinajstić information content (AvgIpc) is 2.29. The second-order valence-electron chi connectivity index (χ2n) is 3.55. The minimum absolute atomic E-state index is 0. The monoisotopic (exact) mass is 346 g/mol. The van der Waals surface area contributed by atoms with Crippen LogP contribution < -0.4 is 28.9 Å². The highest BCUT2D eigenvalue weighted by atomic mass is 127. The molecule has 1 nitrogen and oxygen atoms in total. The zero-order valence-electron chi connectivity index (χ0n) is 9.69. The van der Waals surface area contributed by atoms with Crippen molar-refractivity contribution in [2.24, 2.45) is 0 Å². The number of benzene rings is 1. The summed E-state index contributed by atoms with van der Waals surface area (Å²) in [5.74, 6) is 1.16. The molecule has 1 unspecified atom stereocenters. The Hall–Kier alpha value is -0.160. The maximum Gasteiger partial charge on any atom is 0.0938 e. The molecule has 2 rings (SSSR count). The van der Waals surface area contributed by atoms with Gasteiger partial charge >= 0.3 is 0 Å². The fourth-order valence-electron chi connectivity index (χ4n) is 1.98. The van der Waals surface area contributed by atoms with E-state index in [1.54, 1.807) is 0 Å². The Morgan fingerprint density at radius 2 is 2.00 bits per heavy atom. The molecule has 0 bridgehead atoms.